The fraction of sp³-hybridized carbons (Fsp3) is 0.176. The summed E-state index contributed by atoms with van der Waals surface area (Å²) in [4.78, 5) is 28.4. The molecule has 3 aromatic rings. The second-order valence-corrected chi connectivity index (χ2v) is 5.87. The summed E-state index contributed by atoms with van der Waals surface area (Å²) in [5.74, 6) is 0.469. The summed E-state index contributed by atoms with van der Waals surface area (Å²) in [6, 6.07) is 11.9. The minimum absolute atomic E-state index is 0.231. The van der Waals surface area contributed by atoms with Crippen molar-refractivity contribution in [3.63, 3.8) is 0 Å². The van der Waals surface area contributed by atoms with Gasteiger partial charge in [0.05, 0.1) is 17.3 Å². The van der Waals surface area contributed by atoms with Crippen molar-refractivity contribution >= 4 is 23.3 Å². The Kier molecular flexibility index (Phi) is 5.33. The first-order chi connectivity index (χ1) is 12.6. The molecule has 0 saturated carbocycles. The van der Waals surface area contributed by atoms with Gasteiger partial charge < -0.3 is 10.6 Å². The fourth-order valence-electron chi connectivity index (χ4n) is 2.36. The van der Waals surface area contributed by atoms with Gasteiger partial charge in [0.1, 0.15) is 5.69 Å². The van der Waals surface area contributed by atoms with E-state index in [2.05, 4.69) is 20.7 Å². The van der Waals surface area contributed by atoms with Crippen molar-refractivity contribution in [2.24, 2.45) is 7.05 Å². The molecule has 2 amide bonds. The van der Waals surface area contributed by atoms with Gasteiger partial charge in [-0.25, -0.2) is 14.3 Å². The molecule has 0 atom stereocenters. The fourth-order valence-corrected chi connectivity index (χ4v) is 2.54. The third-order valence-corrected chi connectivity index (χ3v) is 4.00. The number of hydrogen-bond acceptors (Lipinski definition) is 4. The molecular weight excluding hydrogens is 356 g/mol. The summed E-state index contributed by atoms with van der Waals surface area (Å²) in [7, 11) is 1.63. The minimum atomic E-state index is -0.410. The highest BCUT2D eigenvalue weighted by Crippen LogP contribution is 2.19. The highest BCUT2D eigenvalue weighted by Gasteiger charge is 2.13. The van der Waals surface area contributed by atoms with Gasteiger partial charge in [0, 0.05) is 19.8 Å². The molecular formula is C17H17ClN6O2. The van der Waals surface area contributed by atoms with Crippen molar-refractivity contribution in [2.75, 3.05) is 11.9 Å². The van der Waals surface area contributed by atoms with Gasteiger partial charge in [0.2, 0.25) is 0 Å². The van der Waals surface area contributed by atoms with Crippen molar-refractivity contribution in [1.82, 2.24) is 24.6 Å². The Hall–Kier alpha value is -3.13. The summed E-state index contributed by atoms with van der Waals surface area (Å²) < 4.78 is 2.71. The molecule has 0 bridgehead atoms. The lowest BCUT2D eigenvalue weighted by Crippen LogP contribution is -2.34. The number of rotatable bonds is 5. The number of aromatic nitrogens is 4. The zero-order valence-electron chi connectivity index (χ0n) is 14.0. The third-order valence-electron chi connectivity index (χ3n) is 3.67. The van der Waals surface area contributed by atoms with Gasteiger partial charge in [0.25, 0.3) is 0 Å². The second-order valence-electron chi connectivity index (χ2n) is 5.46. The van der Waals surface area contributed by atoms with E-state index in [0.29, 0.717) is 22.2 Å². The number of nitrogens with zero attached hydrogens (tertiary/aromatic N) is 4. The Morgan fingerprint density at radius 3 is 2.69 bits per heavy atom. The van der Waals surface area contributed by atoms with Crippen LogP contribution in [0.4, 0.5) is 10.5 Å². The Bertz CT molecular complexity index is 967. The quantitative estimate of drug-likeness (QED) is 0.717. The highest BCUT2D eigenvalue weighted by molar-refractivity contribution is 6.33. The van der Waals surface area contributed by atoms with Gasteiger partial charge in [-0.05, 0) is 24.3 Å². The van der Waals surface area contributed by atoms with Crippen LogP contribution in [0.15, 0.2) is 53.5 Å². The molecule has 0 aliphatic heterocycles. The topological polar surface area (TPSA) is 93.8 Å². The minimum Gasteiger partial charge on any atom is -0.336 e. The molecule has 1 aromatic carbocycles. The predicted octanol–water partition coefficient (Wildman–Crippen LogP) is 2.12. The lowest BCUT2D eigenvalue weighted by Gasteiger charge is -2.08. The van der Waals surface area contributed by atoms with Gasteiger partial charge in [0.15, 0.2) is 5.82 Å². The number of halogens is 1. The average Bonchev–Trinajstić information content (AvgIpc) is 2.93. The van der Waals surface area contributed by atoms with E-state index in [9.17, 15) is 9.59 Å². The Balaban J connectivity index is 1.61. The largest absolute Gasteiger partial charge is 0.346 e. The summed E-state index contributed by atoms with van der Waals surface area (Å²) in [5, 5.41) is 10.1. The lowest BCUT2D eigenvalue weighted by atomic mass is 10.3. The number of pyridine rings is 1. The van der Waals surface area contributed by atoms with Crippen LogP contribution in [-0.4, -0.2) is 31.9 Å². The maximum atomic E-state index is 12.3. The molecule has 0 saturated heterocycles. The van der Waals surface area contributed by atoms with Gasteiger partial charge in [-0.2, -0.15) is 0 Å². The molecule has 0 aliphatic carbocycles. The van der Waals surface area contributed by atoms with Crippen molar-refractivity contribution in [1.29, 1.82) is 0 Å². The summed E-state index contributed by atoms with van der Waals surface area (Å²) >= 11 is 5.99. The van der Waals surface area contributed by atoms with Gasteiger partial charge in [-0.1, -0.05) is 29.8 Å². The number of hydrogen-bond donors (Lipinski definition) is 2. The zero-order valence-corrected chi connectivity index (χ0v) is 14.8. The summed E-state index contributed by atoms with van der Waals surface area (Å²) in [5.41, 5.74) is 0.841. The number of anilines is 1. The van der Waals surface area contributed by atoms with Crippen LogP contribution in [0.1, 0.15) is 0 Å². The molecule has 0 radical (unpaired) electrons. The van der Waals surface area contributed by atoms with E-state index in [1.807, 2.05) is 6.07 Å². The van der Waals surface area contributed by atoms with Gasteiger partial charge >= 0.3 is 11.7 Å². The first-order valence-corrected chi connectivity index (χ1v) is 8.28. The van der Waals surface area contributed by atoms with Crippen LogP contribution in [0.2, 0.25) is 5.02 Å². The van der Waals surface area contributed by atoms with E-state index in [1.165, 1.54) is 9.25 Å². The third kappa shape index (κ3) is 3.92. The summed E-state index contributed by atoms with van der Waals surface area (Å²) in [6.07, 6.45) is 1.64. The van der Waals surface area contributed by atoms with E-state index < -0.39 is 6.03 Å². The molecule has 8 nitrogen and oxygen atoms in total. The molecule has 0 fully saturated rings. The van der Waals surface area contributed by atoms with Crippen LogP contribution in [0, 0.1) is 0 Å². The van der Waals surface area contributed by atoms with Gasteiger partial charge in [-0.3, -0.25) is 9.55 Å². The molecule has 9 heteroatoms. The number of benzene rings is 1. The number of amides is 2. The van der Waals surface area contributed by atoms with Crippen LogP contribution in [-0.2, 0) is 13.6 Å². The van der Waals surface area contributed by atoms with Crippen LogP contribution in [0.25, 0.3) is 11.5 Å². The Morgan fingerprint density at radius 2 is 1.96 bits per heavy atom. The van der Waals surface area contributed by atoms with Crippen LogP contribution >= 0.6 is 11.6 Å². The smallest absolute Gasteiger partial charge is 0.336 e. The van der Waals surface area contributed by atoms with Crippen molar-refractivity contribution in [3.05, 3.63) is 64.2 Å². The normalized spacial score (nSPS) is 10.5. The Morgan fingerprint density at radius 1 is 1.19 bits per heavy atom. The van der Waals surface area contributed by atoms with E-state index in [4.69, 9.17) is 11.6 Å². The van der Waals surface area contributed by atoms with Crippen molar-refractivity contribution < 1.29 is 4.79 Å². The molecule has 0 unspecified atom stereocenters. The SMILES string of the molecule is Cn1c(-c2ccccn2)nn(CCNC(=O)Nc2ccccc2Cl)c1=O. The second kappa shape index (κ2) is 7.83. The number of nitrogens with one attached hydrogen (secondary N) is 2. The van der Waals surface area contributed by atoms with E-state index in [1.54, 1.807) is 49.6 Å². The van der Waals surface area contributed by atoms with E-state index >= 15 is 0 Å². The molecule has 26 heavy (non-hydrogen) atoms. The number of urea groups is 1. The monoisotopic (exact) mass is 372 g/mol. The maximum absolute atomic E-state index is 12.3. The van der Waals surface area contributed by atoms with Crippen LogP contribution in [0.5, 0.6) is 0 Å². The number of carbonyl (C=O) groups excluding carboxylic acids is 1. The Labute approximate surface area is 154 Å². The van der Waals surface area contributed by atoms with Gasteiger partial charge in [-0.15, -0.1) is 5.10 Å². The van der Waals surface area contributed by atoms with E-state index in [0.717, 1.165) is 0 Å². The molecule has 0 spiro atoms. The van der Waals surface area contributed by atoms with Crippen LogP contribution in [0.3, 0.4) is 0 Å². The zero-order chi connectivity index (χ0) is 18.5. The molecule has 134 valence electrons. The highest BCUT2D eigenvalue weighted by atomic mass is 35.5. The lowest BCUT2D eigenvalue weighted by molar-refractivity contribution is 0.251. The predicted molar refractivity (Wildman–Crippen MR) is 99.2 cm³/mol. The first kappa shape index (κ1) is 17.7. The average molecular weight is 373 g/mol. The van der Waals surface area contributed by atoms with E-state index in [-0.39, 0.29) is 18.8 Å². The standard InChI is InChI=1S/C17H17ClN6O2/c1-23-15(14-8-4-5-9-19-14)22-24(17(23)26)11-10-20-16(25)21-13-7-3-2-6-12(13)18/h2-9H,10-11H2,1H3,(H2,20,21,25). The molecule has 2 aromatic heterocycles. The number of para-hydroxylation sites is 1. The molecule has 0 aliphatic rings. The molecule has 2 N–H and O–H groups in total. The van der Waals surface area contributed by atoms with Crippen molar-refractivity contribution in [2.45, 2.75) is 6.54 Å². The first-order valence-electron chi connectivity index (χ1n) is 7.91. The molecule has 3 rings (SSSR count). The van der Waals surface area contributed by atoms with Crippen molar-refractivity contribution in [3.8, 4) is 11.5 Å². The maximum Gasteiger partial charge on any atom is 0.346 e. The molecule has 2 heterocycles. The number of carbonyl (C=O) groups is 1. The summed E-state index contributed by atoms with van der Waals surface area (Å²) in [6.45, 7) is 0.463. The van der Waals surface area contributed by atoms with Crippen LogP contribution < -0.4 is 16.3 Å².